The summed E-state index contributed by atoms with van der Waals surface area (Å²) in [7, 11) is 0. The van der Waals surface area contributed by atoms with Crippen LogP contribution in [0.25, 0.3) is 10.8 Å². The molecule has 3 aromatic rings. The topological polar surface area (TPSA) is 20.2 Å². The molecule has 1 nitrogen and oxygen atoms in total. The first-order valence-corrected chi connectivity index (χ1v) is 6.91. The van der Waals surface area contributed by atoms with E-state index >= 15 is 0 Å². The molecule has 0 aliphatic carbocycles. The molecule has 0 fully saturated rings. The monoisotopic (exact) mass is 262 g/mol. The minimum absolute atomic E-state index is 0.613. The van der Waals surface area contributed by atoms with Crippen molar-refractivity contribution < 1.29 is 5.11 Å². The highest BCUT2D eigenvalue weighted by Gasteiger charge is 2.25. The maximum Gasteiger partial charge on any atom is 0.0914 e. The van der Waals surface area contributed by atoms with Crippen LogP contribution >= 0.6 is 0 Å². The van der Waals surface area contributed by atoms with Crippen molar-refractivity contribution in [3.05, 3.63) is 83.9 Å². The Kier molecular flexibility index (Phi) is 3.29. The van der Waals surface area contributed by atoms with Gasteiger partial charge in [0.15, 0.2) is 0 Å². The minimum atomic E-state index is -0.873. The lowest BCUT2D eigenvalue weighted by atomic mass is 9.86. The lowest BCUT2D eigenvalue weighted by Crippen LogP contribution is -2.24. The lowest BCUT2D eigenvalue weighted by Gasteiger charge is -2.25. The van der Waals surface area contributed by atoms with E-state index < -0.39 is 5.60 Å². The summed E-state index contributed by atoms with van der Waals surface area (Å²) in [4.78, 5) is 0. The van der Waals surface area contributed by atoms with Crippen molar-refractivity contribution in [1.82, 2.24) is 0 Å². The molecule has 0 amide bonds. The number of hydrogen-bond donors (Lipinski definition) is 1. The van der Waals surface area contributed by atoms with Gasteiger partial charge in [0.25, 0.3) is 0 Å². The maximum absolute atomic E-state index is 10.9. The van der Waals surface area contributed by atoms with Crippen LogP contribution in [-0.2, 0) is 12.0 Å². The summed E-state index contributed by atoms with van der Waals surface area (Å²) in [5.41, 5.74) is 1.26. The molecule has 0 saturated heterocycles. The SMILES string of the molecule is CC(O)(Cc1ccccc1)c1cccc2ccccc12. The van der Waals surface area contributed by atoms with Crippen LogP contribution in [0, 0.1) is 0 Å². The van der Waals surface area contributed by atoms with Crippen LogP contribution in [-0.4, -0.2) is 5.11 Å². The third kappa shape index (κ3) is 2.45. The fourth-order valence-electron chi connectivity index (χ4n) is 2.78. The van der Waals surface area contributed by atoms with E-state index in [0.717, 1.165) is 16.5 Å². The maximum atomic E-state index is 10.9. The molecule has 1 heteroatoms. The fraction of sp³-hybridized carbons (Fsp3) is 0.158. The Hall–Kier alpha value is -2.12. The summed E-state index contributed by atoms with van der Waals surface area (Å²) in [6, 6.07) is 24.4. The molecule has 0 aliphatic rings. The molecule has 0 heterocycles. The zero-order chi connectivity index (χ0) is 14.0. The summed E-state index contributed by atoms with van der Waals surface area (Å²) in [6.45, 7) is 1.89. The van der Waals surface area contributed by atoms with Crippen LogP contribution in [0.3, 0.4) is 0 Å². The highest BCUT2D eigenvalue weighted by molar-refractivity contribution is 5.86. The smallest absolute Gasteiger partial charge is 0.0914 e. The van der Waals surface area contributed by atoms with Gasteiger partial charge < -0.3 is 5.11 Å². The Balaban J connectivity index is 2.05. The highest BCUT2D eigenvalue weighted by atomic mass is 16.3. The number of fused-ring (bicyclic) bond motifs is 1. The number of aliphatic hydroxyl groups is 1. The molecule has 0 saturated carbocycles. The Labute approximate surface area is 119 Å². The molecular formula is C19H18O. The lowest BCUT2D eigenvalue weighted by molar-refractivity contribution is 0.0592. The normalized spacial score (nSPS) is 14.1. The second-order valence-corrected chi connectivity index (χ2v) is 5.46. The highest BCUT2D eigenvalue weighted by Crippen LogP contribution is 2.31. The quantitative estimate of drug-likeness (QED) is 0.746. The molecule has 0 aliphatic heterocycles. The summed E-state index contributed by atoms with van der Waals surface area (Å²) in [5, 5.41) is 13.2. The van der Waals surface area contributed by atoms with Crippen molar-refractivity contribution in [3.8, 4) is 0 Å². The van der Waals surface area contributed by atoms with Crippen molar-refractivity contribution in [2.45, 2.75) is 18.9 Å². The van der Waals surface area contributed by atoms with E-state index in [9.17, 15) is 5.11 Å². The Morgan fingerprint density at radius 1 is 0.800 bits per heavy atom. The molecular weight excluding hydrogens is 244 g/mol. The van der Waals surface area contributed by atoms with Gasteiger partial charge in [0, 0.05) is 6.42 Å². The van der Waals surface area contributed by atoms with Crippen LogP contribution in [0.2, 0.25) is 0 Å². The molecule has 0 radical (unpaired) electrons. The van der Waals surface area contributed by atoms with E-state index in [1.807, 2.05) is 49.4 Å². The van der Waals surface area contributed by atoms with E-state index in [2.05, 4.69) is 30.3 Å². The first-order valence-electron chi connectivity index (χ1n) is 6.91. The molecule has 20 heavy (non-hydrogen) atoms. The van der Waals surface area contributed by atoms with Crippen LogP contribution in [0.5, 0.6) is 0 Å². The van der Waals surface area contributed by atoms with E-state index in [4.69, 9.17) is 0 Å². The van der Waals surface area contributed by atoms with E-state index in [0.29, 0.717) is 6.42 Å². The second kappa shape index (κ2) is 5.10. The summed E-state index contributed by atoms with van der Waals surface area (Å²) in [6.07, 6.45) is 0.613. The minimum Gasteiger partial charge on any atom is -0.385 e. The molecule has 1 unspecified atom stereocenters. The first kappa shape index (κ1) is 12.9. The van der Waals surface area contributed by atoms with Crippen molar-refractivity contribution in [3.63, 3.8) is 0 Å². The van der Waals surface area contributed by atoms with Gasteiger partial charge in [0.2, 0.25) is 0 Å². The molecule has 1 N–H and O–H groups in total. The van der Waals surface area contributed by atoms with Crippen LogP contribution in [0.4, 0.5) is 0 Å². The Morgan fingerprint density at radius 2 is 1.45 bits per heavy atom. The van der Waals surface area contributed by atoms with Gasteiger partial charge in [-0.1, -0.05) is 72.8 Å². The molecule has 3 aromatic carbocycles. The average molecular weight is 262 g/mol. The Bertz CT molecular complexity index is 709. The van der Waals surface area contributed by atoms with Gasteiger partial charge in [0.1, 0.15) is 0 Å². The molecule has 100 valence electrons. The summed E-state index contributed by atoms with van der Waals surface area (Å²) < 4.78 is 0. The molecule has 0 spiro atoms. The van der Waals surface area contributed by atoms with Gasteiger partial charge in [-0.3, -0.25) is 0 Å². The predicted molar refractivity (Wildman–Crippen MR) is 83.7 cm³/mol. The first-order chi connectivity index (χ1) is 9.67. The predicted octanol–water partition coefficient (Wildman–Crippen LogP) is 4.29. The van der Waals surface area contributed by atoms with Gasteiger partial charge in [0.05, 0.1) is 5.60 Å². The van der Waals surface area contributed by atoms with Gasteiger partial charge in [-0.2, -0.15) is 0 Å². The van der Waals surface area contributed by atoms with Gasteiger partial charge in [-0.05, 0) is 28.8 Å². The number of rotatable bonds is 3. The van der Waals surface area contributed by atoms with Crippen molar-refractivity contribution in [2.24, 2.45) is 0 Å². The van der Waals surface area contributed by atoms with Gasteiger partial charge in [-0.15, -0.1) is 0 Å². The van der Waals surface area contributed by atoms with Crippen molar-refractivity contribution >= 4 is 10.8 Å². The van der Waals surface area contributed by atoms with Gasteiger partial charge in [-0.25, -0.2) is 0 Å². The van der Waals surface area contributed by atoms with E-state index in [1.54, 1.807) is 0 Å². The van der Waals surface area contributed by atoms with Crippen molar-refractivity contribution in [1.29, 1.82) is 0 Å². The number of hydrogen-bond acceptors (Lipinski definition) is 1. The molecule has 1 atom stereocenters. The van der Waals surface area contributed by atoms with Gasteiger partial charge >= 0.3 is 0 Å². The fourth-order valence-corrected chi connectivity index (χ4v) is 2.78. The third-order valence-electron chi connectivity index (χ3n) is 3.76. The Morgan fingerprint density at radius 3 is 2.25 bits per heavy atom. The largest absolute Gasteiger partial charge is 0.385 e. The van der Waals surface area contributed by atoms with Crippen molar-refractivity contribution in [2.75, 3.05) is 0 Å². The summed E-state index contributed by atoms with van der Waals surface area (Å²) in [5.74, 6) is 0. The van der Waals surface area contributed by atoms with E-state index in [-0.39, 0.29) is 0 Å². The zero-order valence-electron chi connectivity index (χ0n) is 11.6. The van der Waals surface area contributed by atoms with Crippen LogP contribution < -0.4 is 0 Å². The average Bonchev–Trinajstić information content (AvgIpc) is 2.47. The zero-order valence-corrected chi connectivity index (χ0v) is 11.6. The standard InChI is InChI=1S/C19H18O/c1-19(20,14-15-8-3-2-4-9-15)18-13-7-11-16-10-5-6-12-17(16)18/h2-13,20H,14H2,1H3. The molecule has 0 bridgehead atoms. The second-order valence-electron chi connectivity index (χ2n) is 5.46. The number of benzene rings is 3. The van der Waals surface area contributed by atoms with Crippen LogP contribution in [0.15, 0.2) is 72.8 Å². The summed E-state index contributed by atoms with van der Waals surface area (Å²) >= 11 is 0. The third-order valence-corrected chi connectivity index (χ3v) is 3.76. The van der Waals surface area contributed by atoms with Crippen LogP contribution in [0.1, 0.15) is 18.1 Å². The molecule has 0 aromatic heterocycles. The van der Waals surface area contributed by atoms with E-state index in [1.165, 1.54) is 5.39 Å². The molecule has 3 rings (SSSR count).